The first-order valence-electron chi connectivity index (χ1n) is 8.72. The minimum Gasteiger partial charge on any atom is -0.346 e. The fourth-order valence-corrected chi connectivity index (χ4v) is 4.43. The Balaban J connectivity index is 1.60. The van der Waals surface area contributed by atoms with Crippen LogP contribution >= 0.6 is 11.6 Å². The molecule has 1 amide bonds. The molecule has 2 aromatic rings. The van der Waals surface area contributed by atoms with Crippen LogP contribution in [0, 0.1) is 0 Å². The molecule has 3 rings (SSSR count). The number of nitrogens with one attached hydrogen (secondary N) is 1. The summed E-state index contributed by atoms with van der Waals surface area (Å²) in [6.45, 7) is 4.55. The molecule has 10 heteroatoms. The SMILES string of the molecule is CCN1CCCC1CNC(=O)c1nc(CS(=O)(=O)c2ccc(Cl)cc2)no1. The van der Waals surface area contributed by atoms with Gasteiger partial charge in [-0.2, -0.15) is 4.98 Å². The highest BCUT2D eigenvalue weighted by Gasteiger charge is 2.25. The molecule has 1 aromatic carbocycles. The molecule has 27 heavy (non-hydrogen) atoms. The number of amides is 1. The molecule has 1 fully saturated rings. The van der Waals surface area contributed by atoms with Crippen molar-refractivity contribution in [3.8, 4) is 0 Å². The van der Waals surface area contributed by atoms with Crippen LogP contribution in [-0.4, -0.2) is 55.0 Å². The molecule has 8 nitrogen and oxygen atoms in total. The third kappa shape index (κ3) is 4.85. The van der Waals surface area contributed by atoms with E-state index in [1.807, 2.05) is 0 Å². The number of likely N-dealkylation sites (tertiary alicyclic amines) is 1. The number of likely N-dealkylation sites (N-methyl/N-ethyl adjacent to an activating group) is 1. The van der Waals surface area contributed by atoms with Crippen LogP contribution in [0.5, 0.6) is 0 Å². The lowest BCUT2D eigenvalue weighted by molar-refractivity contribution is 0.0897. The molecule has 0 bridgehead atoms. The van der Waals surface area contributed by atoms with Gasteiger partial charge in [0.05, 0.1) is 4.90 Å². The molecular formula is C17H21ClN4O4S. The lowest BCUT2D eigenvalue weighted by Crippen LogP contribution is -2.40. The van der Waals surface area contributed by atoms with Gasteiger partial charge in [0.15, 0.2) is 15.7 Å². The van der Waals surface area contributed by atoms with Gasteiger partial charge in [-0.15, -0.1) is 0 Å². The highest BCUT2D eigenvalue weighted by Crippen LogP contribution is 2.18. The maximum absolute atomic E-state index is 12.4. The summed E-state index contributed by atoms with van der Waals surface area (Å²) in [5, 5.41) is 6.83. The molecule has 1 aromatic heterocycles. The standard InChI is InChI=1S/C17H21ClN4O4S/c1-2-22-9-3-4-13(22)10-19-16(23)17-20-15(21-26-17)11-27(24,25)14-7-5-12(18)6-8-14/h5-8,13H,2-4,9-11H2,1H3,(H,19,23). The smallest absolute Gasteiger partial charge is 0.315 e. The van der Waals surface area contributed by atoms with E-state index in [-0.39, 0.29) is 16.6 Å². The van der Waals surface area contributed by atoms with Gasteiger partial charge in [0, 0.05) is 17.6 Å². The van der Waals surface area contributed by atoms with Crippen molar-refractivity contribution in [3.63, 3.8) is 0 Å². The number of rotatable bonds is 7. The first-order valence-corrected chi connectivity index (χ1v) is 10.7. The van der Waals surface area contributed by atoms with Crippen molar-refractivity contribution in [2.75, 3.05) is 19.6 Å². The molecule has 146 valence electrons. The van der Waals surface area contributed by atoms with Crippen molar-refractivity contribution in [1.29, 1.82) is 0 Å². The van der Waals surface area contributed by atoms with Gasteiger partial charge < -0.3 is 9.84 Å². The molecule has 1 aliphatic heterocycles. The largest absolute Gasteiger partial charge is 0.346 e. The monoisotopic (exact) mass is 412 g/mol. The second-order valence-corrected chi connectivity index (χ2v) is 8.79. The van der Waals surface area contributed by atoms with Crippen LogP contribution in [0.1, 0.15) is 36.3 Å². The average Bonchev–Trinajstić information content (AvgIpc) is 3.28. The number of halogens is 1. The Morgan fingerprint density at radius 2 is 2.11 bits per heavy atom. The Kier molecular flexibility index (Phi) is 6.13. The number of aromatic nitrogens is 2. The van der Waals surface area contributed by atoms with Crippen molar-refractivity contribution in [2.45, 2.75) is 36.5 Å². The lowest BCUT2D eigenvalue weighted by atomic mass is 10.2. The van der Waals surface area contributed by atoms with Crippen molar-refractivity contribution in [1.82, 2.24) is 20.4 Å². The third-order valence-corrected chi connectivity index (χ3v) is 6.44. The van der Waals surface area contributed by atoms with Crippen molar-refractivity contribution in [2.24, 2.45) is 0 Å². The van der Waals surface area contributed by atoms with Crippen LogP contribution in [0.15, 0.2) is 33.7 Å². The predicted molar refractivity (Wildman–Crippen MR) is 99.2 cm³/mol. The maximum Gasteiger partial charge on any atom is 0.315 e. The van der Waals surface area contributed by atoms with Crippen LogP contribution in [0.25, 0.3) is 0 Å². The Bertz CT molecular complexity index is 898. The first-order chi connectivity index (χ1) is 12.9. The minimum atomic E-state index is -3.66. The molecule has 1 aliphatic rings. The van der Waals surface area contributed by atoms with Gasteiger partial charge in [-0.3, -0.25) is 9.69 Å². The number of nitrogens with zero attached hydrogens (tertiary/aromatic N) is 3. The maximum atomic E-state index is 12.4. The van der Waals surface area contributed by atoms with Crippen LogP contribution in [0.4, 0.5) is 0 Å². The number of carbonyl (C=O) groups is 1. The number of sulfone groups is 1. The Morgan fingerprint density at radius 1 is 1.37 bits per heavy atom. The molecular weight excluding hydrogens is 392 g/mol. The van der Waals surface area contributed by atoms with E-state index < -0.39 is 21.5 Å². The fraction of sp³-hybridized carbons (Fsp3) is 0.471. The molecule has 2 heterocycles. The lowest BCUT2D eigenvalue weighted by Gasteiger charge is -2.22. The van der Waals surface area contributed by atoms with E-state index >= 15 is 0 Å². The highest BCUT2D eigenvalue weighted by molar-refractivity contribution is 7.90. The van der Waals surface area contributed by atoms with Crippen LogP contribution in [0.3, 0.4) is 0 Å². The summed E-state index contributed by atoms with van der Waals surface area (Å²) in [6, 6.07) is 6.10. The second-order valence-electron chi connectivity index (χ2n) is 6.36. The average molecular weight is 413 g/mol. The molecule has 0 spiro atoms. The summed E-state index contributed by atoms with van der Waals surface area (Å²) >= 11 is 5.77. The van der Waals surface area contributed by atoms with E-state index in [2.05, 4.69) is 27.3 Å². The second kappa shape index (κ2) is 8.37. The van der Waals surface area contributed by atoms with Gasteiger partial charge in [-0.25, -0.2) is 8.42 Å². The normalized spacial score (nSPS) is 17.9. The van der Waals surface area contributed by atoms with E-state index in [9.17, 15) is 13.2 Å². The zero-order valence-electron chi connectivity index (χ0n) is 14.9. The van der Waals surface area contributed by atoms with Gasteiger partial charge in [0.25, 0.3) is 0 Å². The molecule has 0 aliphatic carbocycles. The van der Waals surface area contributed by atoms with Crippen molar-refractivity contribution >= 4 is 27.3 Å². The van der Waals surface area contributed by atoms with Crippen LogP contribution in [-0.2, 0) is 15.6 Å². The van der Waals surface area contributed by atoms with Crippen LogP contribution < -0.4 is 5.32 Å². The summed E-state index contributed by atoms with van der Waals surface area (Å²) in [6.07, 6.45) is 2.14. The number of benzene rings is 1. The molecule has 0 saturated carbocycles. The van der Waals surface area contributed by atoms with Crippen molar-refractivity contribution in [3.05, 3.63) is 41.0 Å². The van der Waals surface area contributed by atoms with E-state index in [4.69, 9.17) is 16.1 Å². The van der Waals surface area contributed by atoms with Gasteiger partial charge in [0.1, 0.15) is 5.75 Å². The van der Waals surface area contributed by atoms with Gasteiger partial charge >= 0.3 is 11.8 Å². The minimum absolute atomic E-state index is 0.0637. The highest BCUT2D eigenvalue weighted by atomic mass is 35.5. The predicted octanol–water partition coefficient (Wildman–Crippen LogP) is 1.91. The van der Waals surface area contributed by atoms with E-state index in [0.717, 1.165) is 25.9 Å². The van der Waals surface area contributed by atoms with Crippen LogP contribution in [0.2, 0.25) is 5.02 Å². The number of hydrogen-bond acceptors (Lipinski definition) is 7. The van der Waals surface area contributed by atoms with Crippen molar-refractivity contribution < 1.29 is 17.7 Å². The zero-order chi connectivity index (χ0) is 19.4. The summed E-state index contributed by atoms with van der Waals surface area (Å²) in [5.41, 5.74) is 0. The Labute approximate surface area is 162 Å². The third-order valence-electron chi connectivity index (χ3n) is 4.56. The molecule has 1 unspecified atom stereocenters. The molecule has 1 saturated heterocycles. The Hall–Kier alpha value is -1.97. The topological polar surface area (TPSA) is 105 Å². The molecule has 1 atom stereocenters. The summed E-state index contributed by atoms with van der Waals surface area (Å²) in [5.74, 6) is -1.26. The quantitative estimate of drug-likeness (QED) is 0.740. The van der Waals surface area contributed by atoms with E-state index in [1.165, 1.54) is 24.3 Å². The number of hydrogen-bond donors (Lipinski definition) is 1. The Morgan fingerprint density at radius 3 is 2.81 bits per heavy atom. The van der Waals surface area contributed by atoms with E-state index in [0.29, 0.717) is 17.6 Å². The first kappa shape index (κ1) is 19.8. The summed E-state index contributed by atoms with van der Waals surface area (Å²) in [4.78, 5) is 18.5. The van der Waals surface area contributed by atoms with Gasteiger partial charge in [0.2, 0.25) is 0 Å². The van der Waals surface area contributed by atoms with Gasteiger partial charge in [-0.1, -0.05) is 23.7 Å². The summed E-state index contributed by atoms with van der Waals surface area (Å²) < 4.78 is 29.7. The number of carbonyl (C=O) groups excluding carboxylic acids is 1. The summed E-state index contributed by atoms with van der Waals surface area (Å²) in [7, 11) is -3.66. The fourth-order valence-electron chi connectivity index (χ4n) is 3.13. The molecule has 1 N–H and O–H groups in total. The zero-order valence-corrected chi connectivity index (χ0v) is 16.5. The van der Waals surface area contributed by atoms with Gasteiger partial charge in [-0.05, 0) is 50.2 Å². The molecule has 0 radical (unpaired) electrons. The van der Waals surface area contributed by atoms with E-state index in [1.54, 1.807) is 0 Å².